The quantitative estimate of drug-likeness (QED) is 0.583. The first-order valence-electron chi connectivity index (χ1n) is 5.58. The summed E-state index contributed by atoms with van der Waals surface area (Å²) in [7, 11) is 0. The van der Waals surface area contributed by atoms with E-state index in [1.807, 2.05) is 0 Å². The number of halogens is 3. The predicted molar refractivity (Wildman–Crippen MR) is 70.9 cm³/mol. The molecular weight excluding hydrogens is 269 g/mol. The van der Waals surface area contributed by atoms with E-state index >= 15 is 0 Å². The minimum absolute atomic E-state index is 0.00558. The fourth-order valence-electron chi connectivity index (χ4n) is 1.76. The summed E-state index contributed by atoms with van der Waals surface area (Å²) in [5, 5.41) is 7.41. The van der Waals surface area contributed by atoms with Gasteiger partial charge in [0.2, 0.25) is 0 Å². The fraction of sp³-hybridized carbons (Fsp3) is 0.0769. The number of nitrogens with zero attached hydrogens (tertiary/aromatic N) is 1. The van der Waals surface area contributed by atoms with Crippen molar-refractivity contribution in [2.75, 3.05) is 11.5 Å². The Hall–Kier alpha value is -2.57. The molecule has 0 aliphatic carbocycles. The normalized spacial score (nSPS) is 10.6. The van der Waals surface area contributed by atoms with Crippen LogP contribution in [0.15, 0.2) is 18.3 Å². The number of rotatable bonds is 2. The van der Waals surface area contributed by atoms with E-state index in [-0.39, 0.29) is 22.6 Å². The number of hydrogen-bond donors (Lipinski definition) is 3. The Kier molecular flexibility index (Phi) is 3.35. The van der Waals surface area contributed by atoms with Gasteiger partial charge in [0.1, 0.15) is 11.5 Å². The Balaban J connectivity index is 2.76. The van der Waals surface area contributed by atoms with Gasteiger partial charge < -0.3 is 16.9 Å². The Morgan fingerprint density at radius 2 is 1.80 bits per heavy atom. The summed E-state index contributed by atoms with van der Waals surface area (Å²) >= 11 is 0. The van der Waals surface area contributed by atoms with Crippen LogP contribution in [0.2, 0.25) is 0 Å². The molecule has 0 atom stereocenters. The highest BCUT2D eigenvalue weighted by Crippen LogP contribution is 2.32. The molecule has 4 nitrogen and oxygen atoms in total. The Labute approximate surface area is 112 Å². The van der Waals surface area contributed by atoms with Crippen LogP contribution in [-0.4, -0.2) is 10.7 Å². The highest BCUT2D eigenvalue weighted by Gasteiger charge is 2.22. The molecule has 0 bridgehead atoms. The first kappa shape index (κ1) is 13.9. The number of benzene rings is 1. The van der Waals surface area contributed by atoms with Crippen LogP contribution in [0.25, 0.3) is 11.3 Å². The minimum atomic E-state index is -1.10. The van der Waals surface area contributed by atoms with Crippen LogP contribution in [0.3, 0.4) is 0 Å². The molecule has 0 fully saturated rings. The first-order chi connectivity index (χ1) is 9.34. The van der Waals surface area contributed by atoms with Gasteiger partial charge in [-0.3, -0.25) is 4.98 Å². The molecule has 104 valence electrons. The molecule has 0 spiro atoms. The maximum absolute atomic E-state index is 14.1. The number of nitrogen functional groups attached to an aromatic ring is 2. The summed E-state index contributed by atoms with van der Waals surface area (Å²) in [5.41, 5.74) is 8.96. The third-order valence-corrected chi connectivity index (χ3v) is 2.82. The zero-order chi connectivity index (χ0) is 15.0. The van der Waals surface area contributed by atoms with Crippen molar-refractivity contribution in [1.29, 1.82) is 5.41 Å². The molecule has 2 aromatic rings. The van der Waals surface area contributed by atoms with Gasteiger partial charge in [-0.1, -0.05) is 0 Å². The lowest BCUT2D eigenvalue weighted by Gasteiger charge is -2.11. The molecule has 7 heteroatoms. The van der Waals surface area contributed by atoms with Crippen LogP contribution in [0.4, 0.5) is 24.5 Å². The molecule has 5 N–H and O–H groups in total. The summed E-state index contributed by atoms with van der Waals surface area (Å²) in [6.45, 7) is 1.40. The number of anilines is 2. The zero-order valence-electron chi connectivity index (χ0n) is 10.5. The SMILES string of the molecule is CC(=N)c1cnc(-c2c(F)ccc(N)c2F)c(F)c1N. The van der Waals surface area contributed by atoms with Crippen LogP contribution < -0.4 is 11.5 Å². The maximum Gasteiger partial charge on any atom is 0.173 e. The van der Waals surface area contributed by atoms with Crippen molar-refractivity contribution in [3.63, 3.8) is 0 Å². The van der Waals surface area contributed by atoms with E-state index in [0.717, 1.165) is 18.3 Å². The van der Waals surface area contributed by atoms with Gasteiger partial charge in [-0.2, -0.15) is 0 Å². The first-order valence-corrected chi connectivity index (χ1v) is 5.58. The minimum Gasteiger partial charge on any atom is -0.396 e. The van der Waals surface area contributed by atoms with Gasteiger partial charge in [0.05, 0.1) is 16.9 Å². The van der Waals surface area contributed by atoms with Crippen LogP contribution in [0.5, 0.6) is 0 Å². The van der Waals surface area contributed by atoms with E-state index in [1.54, 1.807) is 0 Å². The van der Waals surface area contributed by atoms with E-state index in [2.05, 4.69) is 4.98 Å². The van der Waals surface area contributed by atoms with Crippen molar-refractivity contribution < 1.29 is 13.2 Å². The number of nitrogens with one attached hydrogen (secondary N) is 1. The summed E-state index contributed by atoms with van der Waals surface area (Å²) in [6.07, 6.45) is 1.10. The van der Waals surface area contributed by atoms with Gasteiger partial charge in [0, 0.05) is 17.5 Å². The molecule has 0 aliphatic rings. The van der Waals surface area contributed by atoms with E-state index in [4.69, 9.17) is 16.9 Å². The van der Waals surface area contributed by atoms with Crippen LogP contribution in [0.1, 0.15) is 12.5 Å². The van der Waals surface area contributed by atoms with Gasteiger partial charge >= 0.3 is 0 Å². The van der Waals surface area contributed by atoms with E-state index in [1.165, 1.54) is 6.92 Å². The van der Waals surface area contributed by atoms with Crippen molar-refractivity contribution in [3.05, 3.63) is 41.3 Å². The molecule has 0 amide bonds. The molecule has 20 heavy (non-hydrogen) atoms. The molecule has 0 unspecified atom stereocenters. The second kappa shape index (κ2) is 4.84. The number of hydrogen-bond acceptors (Lipinski definition) is 4. The fourth-order valence-corrected chi connectivity index (χ4v) is 1.76. The predicted octanol–water partition coefficient (Wildman–Crippen LogP) is 2.72. The largest absolute Gasteiger partial charge is 0.396 e. The number of nitrogens with two attached hydrogens (primary N) is 2. The monoisotopic (exact) mass is 280 g/mol. The standard InChI is InChI=1S/C13H11F3N4/c1-5(17)6-4-20-13(11(16)12(6)19)9-7(14)2-3-8(18)10(9)15/h2-4,17H,18H2,1H3,(H2,19,20). The second-order valence-corrected chi connectivity index (χ2v) is 4.20. The molecule has 1 heterocycles. The molecule has 1 aromatic heterocycles. The summed E-state index contributed by atoms with van der Waals surface area (Å²) in [4.78, 5) is 3.66. The molecule has 0 aliphatic heterocycles. The highest BCUT2D eigenvalue weighted by molar-refractivity contribution is 6.01. The molecule has 0 saturated carbocycles. The van der Waals surface area contributed by atoms with Crippen LogP contribution in [0, 0.1) is 22.9 Å². The van der Waals surface area contributed by atoms with Gasteiger partial charge in [-0.15, -0.1) is 0 Å². The lowest BCUT2D eigenvalue weighted by Crippen LogP contribution is -2.07. The van der Waals surface area contributed by atoms with Crippen molar-refractivity contribution in [3.8, 4) is 11.3 Å². The molecule has 0 saturated heterocycles. The highest BCUT2D eigenvalue weighted by atomic mass is 19.1. The van der Waals surface area contributed by atoms with Gasteiger partial charge in [-0.05, 0) is 19.1 Å². The Morgan fingerprint density at radius 1 is 1.15 bits per heavy atom. The Morgan fingerprint density at radius 3 is 2.40 bits per heavy atom. The Bertz CT molecular complexity index is 713. The zero-order valence-corrected chi connectivity index (χ0v) is 10.5. The van der Waals surface area contributed by atoms with E-state index in [0.29, 0.717) is 0 Å². The smallest absolute Gasteiger partial charge is 0.173 e. The number of aromatic nitrogens is 1. The third-order valence-electron chi connectivity index (χ3n) is 2.82. The molecular formula is C13H11F3N4. The lowest BCUT2D eigenvalue weighted by atomic mass is 10.0. The van der Waals surface area contributed by atoms with Crippen molar-refractivity contribution >= 4 is 17.1 Å². The molecule has 0 radical (unpaired) electrons. The average Bonchev–Trinajstić information content (AvgIpc) is 2.39. The molecule has 2 rings (SSSR count). The van der Waals surface area contributed by atoms with E-state index in [9.17, 15) is 13.2 Å². The number of pyridine rings is 1. The summed E-state index contributed by atoms with van der Waals surface area (Å²) < 4.78 is 41.7. The van der Waals surface area contributed by atoms with Crippen molar-refractivity contribution in [1.82, 2.24) is 4.98 Å². The van der Waals surface area contributed by atoms with Crippen LogP contribution >= 0.6 is 0 Å². The van der Waals surface area contributed by atoms with Gasteiger partial charge in [-0.25, -0.2) is 13.2 Å². The second-order valence-electron chi connectivity index (χ2n) is 4.20. The average molecular weight is 280 g/mol. The summed E-state index contributed by atoms with van der Waals surface area (Å²) in [5.74, 6) is -3.19. The third kappa shape index (κ3) is 2.07. The van der Waals surface area contributed by atoms with Crippen molar-refractivity contribution in [2.45, 2.75) is 6.92 Å². The maximum atomic E-state index is 14.1. The van der Waals surface area contributed by atoms with Gasteiger partial charge in [0.25, 0.3) is 0 Å². The molecule has 1 aromatic carbocycles. The lowest BCUT2D eigenvalue weighted by molar-refractivity contribution is 0.582. The topological polar surface area (TPSA) is 88.8 Å². The summed E-state index contributed by atoms with van der Waals surface area (Å²) in [6, 6.07) is 1.95. The van der Waals surface area contributed by atoms with Crippen molar-refractivity contribution in [2.24, 2.45) is 0 Å². The van der Waals surface area contributed by atoms with E-state index < -0.39 is 28.7 Å². The van der Waals surface area contributed by atoms with Gasteiger partial charge in [0.15, 0.2) is 11.6 Å². The van der Waals surface area contributed by atoms with Crippen LogP contribution in [-0.2, 0) is 0 Å².